The molecule has 0 saturated carbocycles. The second-order valence-corrected chi connectivity index (χ2v) is 5.96. The molecule has 0 bridgehead atoms. The summed E-state index contributed by atoms with van der Waals surface area (Å²) in [4.78, 5) is 22.4. The van der Waals surface area contributed by atoms with Gasteiger partial charge in [-0.3, -0.25) is 14.9 Å². The SMILES string of the molecule is N#C/C(=C\c1ccc(-c2ccc([N+](=O)[O-])cc2Cl)o1)C(=O)NCc1ccco1. The average Bonchev–Trinajstić information content (AvgIpc) is 3.36. The minimum absolute atomic E-state index is 0.138. The summed E-state index contributed by atoms with van der Waals surface area (Å²) in [6, 6.07) is 12.4. The highest BCUT2D eigenvalue weighted by Gasteiger charge is 2.15. The van der Waals surface area contributed by atoms with Gasteiger partial charge in [0, 0.05) is 23.8 Å². The van der Waals surface area contributed by atoms with Crippen LogP contribution in [0.15, 0.2) is 63.1 Å². The highest BCUT2D eigenvalue weighted by atomic mass is 35.5. The first-order chi connectivity index (χ1) is 13.5. The second-order valence-electron chi connectivity index (χ2n) is 5.56. The number of amides is 1. The molecule has 2 aromatic heterocycles. The number of nitro groups is 1. The molecule has 0 saturated heterocycles. The molecule has 0 fully saturated rings. The number of hydrogen-bond donors (Lipinski definition) is 1. The maximum absolute atomic E-state index is 12.1. The molecule has 0 aliphatic heterocycles. The van der Waals surface area contributed by atoms with Crippen molar-refractivity contribution < 1.29 is 18.6 Å². The molecular formula is C19H12ClN3O5. The molecule has 0 atom stereocenters. The fourth-order valence-electron chi connectivity index (χ4n) is 2.36. The number of carbonyl (C=O) groups is 1. The molecule has 1 N–H and O–H groups in total. The van der Waals surface area contributed by atoms with Crippen LogP contribution in [0.3, 0.4) is 0 Å². The third-order valence-corrected chi connectivity index (χ3v) is 4.02. The van der Waals surface area contributed by atoms with E-state index in [1.54, 1.807) is 24.3 Å². The lowest BCUT2D eigenvalue weighted by Gasteiger charge is -2.02. The van der Waals surface area contributed by atoms with Gasteiger partial charge >= 0.3 is 0 Å². The first-order valence-electron chi connectivity index (χ1n) is 7.94. The minimum Gasteiger partial charge on any atom is -0.467 e. The molecular weight excluding hydrogens is 386 g/mol. The van der Waals surface area contributed by atoms with Crippen molar-refractivity contribution in [2.75, 3.05) is 0 Å². The van der Waals surface area contributed by atoms with E-state index in [2.05, 4.69) is 5.32 Å². The number of furan rings is 2. The Bertz CT molecular complexity index is 1090. The van der Waals surface area contributed by atoms with E-state index in [4.69, 9.17) is 20.4 Å². The van der Waals surface area contributed by atoms with E-state index in [9.17, 15) is 20.2 Å². The van der Waals surface area contributed by atoms with Crippen molar-refractivity contribution in [1.82, 2.24) is 5.32 Å². The van der Waals surface area contributed by atoms with E-state index in [1.807, 2.05) is 6.07 Å². The van der Waals surface area contributed by atoms with Gasteiger partial charge in [-0.1, -0.05) is 11.6 Å². The summed E-state index contributed by atoms with van der Waals surface area (Å²) in [5, 5.41) is 22.7. The first kappa shape index (κ1) is 18.9. The predicted octanol–water partition coefficient (Wildman–Crippen LogP) is 4.32. The number of non-ortho nitro benzene ring substituents is 1. The van der Waals surface area contributed by atoms with Crippen molar-refractivity contribution >= 4 is 29.3 Å². The number of nitrogens with zero attached hydrogens (tertiary/aromatic N) is 2. The van der Waals surface area contributed by atoms with Crippen molar-refractivity contribution in [2.24, 2.45) is 0 Å². The third-order valence-electron chi connectivity index (χ3n) is 3.71. The summed E-state index contributed by atoms with van der Waals surface area (Å²) in [5.74, 6) is 0.581. The standard InChI is InChI=1S/C19H12ClN3O5/c20-17-9-13(23(25)26)3-5-16(17)18-6-4-14(28-18)8-12(10-21)19(24)22-11-15-2-1-7-27-15/h1-9H,11H2,(H,22,24)/b12-8+. The van der Waals surface area contributed by atoms with E-state index in [1.165, 1.54) is 30.5 Å². The third kappa shape index (κ3) is 4.28. The molecule has 0 spiro atoms. The fraction of sp³-hybridized carbons (Fsp3) is 0.0526. The Morgan fingerprint density at radius 3 is 2.79 bits per heavy atom. The van der Waals surface area contributed by atoms with E-state index in [-0.39, 0.29) is 28.6 Å². The smallest absolute Gasteiger partial charge is 0.270 e. The molecule has 2 heterocycles. The van der Waals surface area contributed by atoms with E-state index >= 15 is 0 Å². The van der Waals surface area contributed by atoms with Gasteiger partial charge in [0.25, 0.3) is 11.6 Å². The molecule has 9 heteroatoms. The van der Waals surface area contributed by atoms with Crippen molar-refractivity contribution in [1.29, 1.82) is 5.26 Å². The van der Waals surface area contributed by atoms with Gasteiger partial charge in [-0.25, -0.2) is 0 Å². The van der Waals surface area contributed by atoms with Crippen molar-refractivity contribution in [3.63, 3.8) is 0 Å². The maximum atomic E-state index is 12.1. The number of hydrogen-bond acceptors (Lipinski definition) is 6. The van der Waals surface area contributed by atoms with Crippen LogP contribution in [-0.4, -0.2) is 10.8 Å². The lowest BCUT2D eigenvalue weighted by atomic mass is 10.1. The molecule has 0 aliphatic carbocycles. The van der Waals surface area contributed by atoms with Gasteiger partial charge in [0.2, 0.25) is 0 Å². The lowest BCUT2D eigenvalue weighted by Crippen LogP contribution is -2.23. The minimum atomic E-state index is -0.579. The Kier molecular flexibility index (Phi) is 5.58. The van der Waals surface area contributed by atoms with E-state index < -0.39 is 10.8 Å². The van der Waals surface area contributed by atoms with Gasteiger partial charge in [0.15, 0.2) is 0 Å². The van der Waals surface area contributed by atoms with Crippen molar-refractivity contribution in [3.05, 3.63) is 81.0 Å². The Labute approximate surface area is 163 Å². The van der Waals surface area contributed by atoms with Crippen LogP contribution in [0.2, 0.25) is 5.02 Å². The highest BCUT2D eigenvalue weighted by molar-refractivity contribution is 6.33. The maximum Gasteiger partial charge on any atom is 0.270 e. The number of rotatable bonds is 6. The Balaban J connectivity index is 1.77. The Hall–Kier alpha value is -3.83. The Morgan fingerprint density at radius 1 is 1.32 bits per heavy atom. The largest absolute Gasteiger partial charge is 0.467 e. The van der Waals surface area contributed by atoms with Crippen LogP contribution in [0.4, 0.5) is 5.69 Å². The van der Waals surface area contributed by atoms with Crippen LogP contribution in [0.1, 0.15) is 11.5 Å². The summed E-state index contributed by atoms with van der Waals surface area (Å²) in [5.41, 5.74) is 0.162. The number of nitro benzene ring substituents is 1. The lowest BCUT2D eigenvalue weighted by molar-refractivity contribution is -0.384. The number of nitrogens with one attached hydrogen (secondary N) is 1. The number of nitriles is 1. The van der Waals surface area contributed by atoms with Gasteiger partial charge in [-0.05, 0) is 30.3 Å². The molecule has 0 unspecified atom stereocenters. The van der Waals surface area contributed by atoms with E-state index in [0.717, 1.165) is 0 Å². The van der Waals surface area contributed by atoms with Crippen LogP contribution in [0.25, 0.3) is 17.4 Å². The quantitative estimate of drug-likeness (QED) is 0.286. The van der Waals surface area contributed by atoms with Crippen molar-refractivity contribution in [3.8, 4) is 17.4 Å². The van der Waals surface area contributed by atoms with Crippen LogP contribution in [0, 0.1) is 21.4 Å². The van der Waals surface area contributed by atoms with Gasteiger partial charge < -0.3 is 14.2 Å². The topological polar surface area (TPSA) is 122 Å². The van der Waals surface area contributed by atoms with Crippen molar-refractivity contribution in [2.45, 2.75) is 6.54 Å². The highest BCUT2D eigenvalue weighted by Crippen LogP contribution is 2.32. The zero-order valence-corrected chi connectivity index (χ0v) is 15.0. The summed E-state index contributed by atoms with van der Waals surface area (Å²) in [6.45, 7) is 0.145. The Morgan fingerprint density at radius 2 is 2.14 bits per heavy atom. The van der Waals surface area contributed by atoms with Crippen LogP contribution in [0.5, 0.6) is 0 Å². The summed E-state index contributed by atoms with van der Waals surface area (Å²) >= 11 is 6.09. The average molecular weight is 398 g/mol. The molecule has 0 radical (unpaired) electrons. The zero-order chi connectivity index (χ0) is 20.1. The van der Waals surface area contributed by atoms with E-state index in [0.29, 0.717) is 17.1 Å². The molecule has 3 aromatic rings. The van der Waals surface area contributed by atoms with Crippen LogP contribution < -0.4 is 5.32 Å². The molecule has 8 nitrogen and oxygen atoms in total. The second kappa shape index (κ2) is 8.24. The van der Waals surface area contributed by atoms with Crippen LogP contribution in [-0.2, 0) is 11.3 Å². The predicted molar refractivity (Wildman–Crippen MR) is 100.0 cm³/mol. The molecule has 3 rings (SSSR count). The number of benzene rings is 1. The molecule has 0 aliphatic rings. The fourth-order valence-corrected chi connectivity index (χ4v) is 2.63. The summed E-state index contributed by atoms with van der Waals surface area (Å²) in [6.07, 6.45) is 2.77. The molecule has 1 aromatic carbocycles. The zero-order valence-electron chi connectivity index (χ0n) is 14.2. The van der Waals surface area contributed by atoms with Gasteiger partial charge in [0.1, 0.15) is 28.9 Å². The monoisotopic (exact) mass is 397 g/mol. The normalized spacial score (nSPS) is 11.1. The molecule has 28 heavy (non-hydrogen) atoms. The van der Waals surface area contributed by atoms with Gasteiger partial charge in [0.05, 0.1) is 22.8 Å². The molecule has 1 amide bonds. The number of halogens is 1. The first-order valence-corrected chi connectivity index (χ1v) is 8.32. The molecule has 140 valence electrons. The van der Waals surface area contributed by atoms with Crippen LogP contribution >= 0.6 is 11.6 Å². The van der Waals surface area contributed by atoms with Gasteiger partial charge in [-0.15, -0.1) is 0 Å². The summed E-state index contributed by atoms with van der Waals surface area (Å²) < 4.78 is 10.7. The number of carbonyl (C=O) groups excluding carboxylic acids is 1. The summed E-state index contributed by atoms with van der Waals surface area (Å²) in [7, 11) is 0. The van der Waals surface area contributed by atoms with Gasteiger partial charge in [-0.2, -0.15) is 5.26 Å².